The minimum absolute atomic E-state index is 0.00450. The van der Waals surface area contributed by atoms with Crippen molar-refractivity contribution in [1.82, 2.24) is 4.90 Å². The summed E-state index contributed by atoms with van der Waals surface area (Å²) < 4.78 is 0. The number of hydrogen-bond donors (Lipinski definition) is 2. The maximum absolute atomic E-state index is 10.5. The number of benzene rings is 1. The van der Waals surface area contributed by atoms with E-state index in [9.17, 15) is 10.2 Å². The van der Waals surface area contributed by atoms with Gasteiger partial charge in [-0.25, -0.2) is 0 Å². The molecule has 1 aliphatic carbocycles. The van der Waals surface area contributed by atoms with Crippen LogP contribution in [0.3, 0.4) is 0 Å². The predicted molar refractivity (Wildman–Crippen MR) is 84.8 cm³/mol. The number of fused-ring (bicyclic) bond motifs is 1. The van der Waals surface area contributed by atoms with Crippen LogP contribution in [0.2, 0.25) is 0 Å². The van der Waals surface area contributed by atoms with Crippen molar-refractivity contribution >= 4 is 0 Å². The molecule has 3 heteroatoms. The normalized spacial score (nSPS) is 32.9. The molecule has 2 aliphatic rings. The van der Waals surface area contributed by atoms with Crippen molar-refractivity contribution in [1.29, 1.82) is 0 Å². The second kappa shape index (κ2) is 5.06. The minimum atomic E-state index is -0.0480. The van der Waals surface area contributed by atoms with Gasteiger partial charge >= 0.3 is 0 Å². The molecule has 3 unspecified atom stereocenters. The summed E-state index contributed by atoms with van der Waals surface area (Å²) in [5.74, 6) is 0.480. The van der Waals surface area contributed by atoms with E-state index in [1.54, 1.807) is 6.07 Å². The van der Waals surface area contributed by atoms with Gasteiger partial charge in [-0.15, -0.1) is 0 Å². The molecule has 3 nitrogen and oxygen atoms in total. The Hall–Kier alpha value is -1.48. The van der Waals surface area contributed by atoms with Crippen molar-refractivity contribution in [2.45, 2.75) is 44.6 Å². The fraction of sp³-hybridized carbons (Fsp3) is 0.556. The van der Waals surface area contributed by atoms with Gasteiger partial charge in [0.15, 0.2) is 11.5 Å². The van der Waals surface area contributed by atoms with E-state index in [4.69, 9.17) is 0 Å². The van der Waals surface area contributed by atoms with E-state index in [1.165, 1.54) is 0 Å². The Labute approximate surface area is 126 Å². The number of rotatable bonds is 1. The maximum atomic E-state index is 10.5. The first-order valence-electron chi connectivity index (χ1n) is 7.86. The zero-order valence-electron chi connectivity index (χ0n) is 13.1. The van der Waals surface area contributed by atoms with E-state index in [2.05, 4.69) is 31.0 Å². The Kier molecular flexibility index (Phi) is 3.48. The molecular weight excluding hydrogens is 262 g/mol. The lowest BCUT2D eigenvalue weighted by Crippen LogP contribution is -2.54. The lowest BCUT2D eigenvalue weighted by molar-refractivity contribution is 0.0684. The van der Waals surface area contributed by atoms with Crippen LogP contribution in [0.4, 0.5) is 0 Å². The van der Waals surface area contributed by atoms with Crippen molar-refractivity contribution in [3.63, 3.8) is 0 Å². The fourth-order valence-electron chi connectivity index (χ4n) is 4.43. The van der Waals surface area contributed by atoms with E-state index in [-0.39, 0.29) is 16.9 Å². The molecule has 21 heavy (non-hydrogen) atoms. The molecule has 0 aromatic heterocycles. The van der Waals surface area contributed by atoms with Crippen molar-refractivity contribution in [3.8, 4) is 11.5 Å². The molecule has 1 aliphatic heterocycles. The van der Waals surface area contributed by atoms with Crippen LogP contribution < -0.4 is 0 Å². The zero-order valence-corrected chi connectivity index (χ0v) is 13.1. The Morgan fingerprint density at radius 1 is 1.24 bits per heavy atom. The van der Waals surface area contributed by atoms with Gasteiger partial charge < -0.3 is 15.1 Å². The van der Waals surface area contributed by atoms with Crippen molar-refractivity contribution in [2.24, 2.45) is 5.92 Å². The van der Waals surface area contributed by atoms with Gasteiger partial charge in [0, 0.05) is 22.9 Å². The molecule has 0 spiro atoms. The van der Waals surface area contributed by atoms with Gasteiger partial charge in [0.25, 0.3) is 0 Å². The number of nitrogens with zero attached hydrogens (tertiary/aromatic N) is 1. The van der Waals surface area contributed by atoms with Gasteiger partial charge in [-0.3, -0.25) is 0 Å². The van der Waals surface area contributed by atoms with E-state index >= 15 is 0 Å². The van der Waals surface area contributed by atoms with E-state index < -0.39 is 0 Å². The fourth-order valence-corrected chi connectivity index (χ4v) is 4.43. The molecule has 0 radical (unpaired) electrons. The molecule has 1 saturated heterocycles. The largest absolute Gasteiger partial charge is 0.504 e. The molecule has 1 heterocycles. The Morgan fingerprint density at radius 2 is 2.00 bits per heavy atom. The molecular formula is C18H25NO2. The highest BCUT2D eigenvalue weighted by molar-refractivity contribution is 5.54. The van der Waals surface area contributed by atoms with Crippen LogP contribution in [0.25, 0.3) is 0 Å². The van der Waals surface area contributed by atoms with Crippen LogP contribution in [0.1, 0.15) is 37.3 Å². The average molecular weight is 287 g/mol. The van der Waals surface area contributed by atoms with Gasteiger partial charge in [0.2, 0.25) is 0 Å². The number of piperidine rings is 1. The summed E-state index contributed by atoms with van der Waals surface area (Å²) in [4.78, 5) is 2.40. The summed E-state index contributed by atoms with van der Waals surface area (Å²) in [6.07, 6.45) is 7.72. The number of phenols is 2. The number of likely N-dealkylation sites (tertiary alicyclic amines) is 1. The van der Waals surface area contributed by atoms with E-state index in [0.29, 0.717) is 12.0 Å². The predicted octanol–water partition coefficient (Wildman–Crippen LogP) is 3.33. The highest BCUT2D eigenvalue weighted by Gasteiger charge is 2.48. The first-order chi connectivity index (χ1) is 9.97. The van der Waals surface area contributed by atoms with Gasteiger partial charge in [-0.05, 0) is 58.3 Å². The third-order valence-electron chi connectivity index (χ3n) is 5.73. The third kappa shape index (κ3) is 2.06. The number of aromatic hydroxyl groups is 2. The number of allylic oxidation sites excluding steroid dienone is 1. The summed E-state index contributed by atoms with van der Waals surface area (Å²) in [7, 11) is 2.17. The van der Waals surface area contributed by atoms with Crippen LogP contribution in [-0.2, 0) is 5.41 Å². The van der Waals surface area contributed by atoms with Crippen molar-refractivity contribution in [3.05, 3.63) is 35.4 Å². The molecule has 3 rings (SSSR count). The summed E-state index contributed by atoms with van der Waals surface area (Å²) in [6.45, 7) is 5.34. The summed E-state index contributed by atoms with van der Waals surface area (Å²) in [5.41, 5.74) is 2.01. The van der Waals surface area contributed by atoms with E-state index in [1.807, 2.05) is 13.0 Å². The molecule has 0 saturated carbocycles. The Bertz CT molecular complexity index is 581. The monoisotopic (exact) mass is 287 g/mol. The highest BCUT2D eigenvalue weighted by Crippen LogP contribution is 2.53. The van der Waals surface area contributed by atoms with Gasteiger partial charge in [-0.1, -0.05) is 18.2 Å². The molecule has 0 amide bonds. The number of aryl methyl sites for hydroxylation is 1. The van der Waals surface area contributed by atoms with Crippen LogP contribution in [0.5, 0.6) is 11.5 Å². The van der Waals surface area contributed by atoms with Crippen molar-refractivity contribution in [2.75, 3.05) is 13.6 Å². The van der Waals surface area contributed by atoms with Crippen LogP contribution in [-0.4, -0.2) is 34.7 Å². The Morgan fingerprint density at radius 3 is 2.76 bits per heavy atom. The Balaban J connectivity index is 2.19. The number of phenolic OH excluding ortho intramolecular Hbond substituents is 2. The first-order valence-corrected chi connectivity index (χ1v) is 7.86. The first kappa shape index (κ1) is 14.5. The lowest BCUT2D eigenvalue weighted by atomic mass is 9.58. The van der Waals surface area contributed by atoms with Crippen LogP contribution >= 0.6 is 0 Å². The quantitative estimate of drug-likeness (QED) is 0.615. The highest BCUT2D eigenvalue weighted by atomic mass is 16.3. The molecule has 0 bridgehead atoms. The number of hydrogen-bond acceptors (Lipinski definition) is 3. The second-order valence-electron chi connectivity index (χ2n) is 6.75. The van der Waals surface area contributed by atoms with Gasteiger partial charge in [-0.2, -0.15) is 0 Å². The minimum Gasteiger partial charge on any atom is -0.504 e. The molecule has 3 atom stereocenters. The molecule has 1 aromatic rings. The molecule has 1 fully saturated rings. The topological polar surface area (TPSA) is 43.7 Å². The van der Waals surface area contributed by atoms with Crippen LogP contribution in [0, 0.1) is 12.8 Å². The second-order valence-corrected chi connectivity index (χ2v) is 6.75. The SMILES string of the molecule is Cc1ccc(O)c(O)c1C12CCC=CC1C(C)N(C)CC2. The molecule has 1 aromatic carbocycles. The van der Waals surface area contributed by atoms with Crippen molar-refractivity contribution < 1.29 is 10.2 Å². The maximum Gasteiger partial charge on any atom is 0.161 e. The smallest absolute Gasteiger partial charge is 0.161 e. The van der Waals surface area contributed by atoms with Gasteiger partial charge in [0.05, 0.1) is 0 Å². The summed E-state index contributed by atoms with van der Waals surface area (Å²) in [5, 5.41) is 20.5. The lowest BCUT2D eigenvalue weighted by Gasteiger charge is -2.52. The standard InChI is InChI=1S/C18H25NO2/c1-12-7-8-15(20)17(21)16(12)18-9-5-4-6-14(18)13(2)19(3)11-10-18/h4,6-8,13-14,20-21H,5,9-11H2,1-3H3. The van der Waals surface area contributed by atoms with Crippen LogP contribution in [0.15, 0.2) is 24.3 Å². The molecule has 2 N–H and O–H groups in total. The van der Waals surface area contributed by atoms with Gasteiger partial charge in [0.1, 0.15) is 0 Å². The summed E-state index contributed by atoms with van der Waals surface area (Å²) in [6, 6.07) is 3.96. The average Bonchev–Trinajstić information content (AvgIpc) is 2.48. The summed E-state index contributed by atoms with van der Waals surface area (Å²) >= 11 is 0. The van der Waals surface area contributed by atoms with E-state index in [0.717, 1.165) is 36.9 Å². The molecule has 114 valence electrons. The third-order valence-corrected chi connectivity index (χ3v) is 5.73. The zero-order chi connectivity index (χ0) is 15.2.